The predicted molar refractivity (Wildman–Crippen MR) is 98.0 cm³/mol. The maximum Gasteiger partial charge on any atom is 0.237 e. The number of aryl methyl sites for hydroxylation is 1. The smallest absolute Gasteiger partial charge is 0.237 e. The number of methoxy groups -OCH3 is 1. The summed E-state index contributed by atoms with van der Waals surface area (Å²) in [6.07, 6.45) is 1.77. The minimum Gasteiger partial charge on any atom is -0.508 e. The van der Waals surface area contributed by atoms with E-state index < -0.39 is 7.42 Å². The first kappa shape index (κ1) is 18.1. The number of halogens is 2. The largest absolute Gasteiger partial charge is 0.508 e. The van der Waals surface area contributed by atoms with Gasteiger partial charge in [-0.1, -0.05) is 18.2 Å². The molecule has 0 atom stereocenters. The van der Waals surface area contributed by atoms with Gasteiger partial charge in [-0.05, 0) is 59.8 Å². The number of ether oxygens (including phenoxy) is 2. The lowest BCUT2D eigenvalue weighted by molar-refractivity contribution is 0.0511. The highest BCUT2D eigenvalue weighted by Gasteiger charge is 2.09. The Morgan fingerprint density at radius 3 is 2.48 bits per heavy atom. The fourth-order valence-electron chi connectivity index (χ4n) is 2.37. The Morgan fingerprint density at radius 2 is 1.83 bits per heavy atom. The summed E-state index contributed by atoms with van der Waals surface area (Å²) in [4.78, 5) is 0. The predicted octanol–water partition coefficient (Wildman–Crippen LogP) is 4.67. The van der Waals surface area contributed by atoms with Crippen LogP contribution < -0.4 is 4.74 Å². The normalized spacial score (nSPS) is 11.0. The topological polar surface area (TPSA) is 38.7 Å². The van der Waals surface area contributed by atoms with Crippen LogP contribution in [-0.2, 0) is 11.2 Å². The molecule has 2 rings (SSSR count). The molecule has 0 aliphatic rings. The minimum atomic E-state index is -1.58. The SMILES string of the molecule is COCOc1ccc(-c2ccc(O)cc2CCC[SiH](Cl)Cl)cc1. The van der Waals surface area contributed by atoms with Gasteiger partial charge in [-0.15, -0.1) is 0 Å². The molecule has 1 N–H and O–H groups in total. The minimum absolute atomic E-state index is 0.228. The fraction of sp³-hybridized carbons (Fsp3) is 0.294. The van der Waals surface area contributed by atoms with Gasteiger partial charge in [0.2, 0.25) is 7.42 Å². The maximum atomic E-state index is 9.76. The summed E-state index contributed by atoms with van der Waals surface area (Å²) < 4.78 is 10.3. The first-order valence-corrected chi connectivity index (χ1v) is 11.7. The third kappa shape index (κ3) is 5.73. The molecule has 0 spiro atoms. The highest BCUT2D eigenvalue weighted by molar-refractivity contribution is 7.33. The number of hydrogen-bond donors (Lipinski definition) is 1. The van der Waals surface area contributed by atoms with Crippen LogP contribution in [0.5, 0.6) is 11.5 Å². The molecule has 6 heteroatoms. The highest BCUT2D eigenvalue weighted by atomic mass is 35.7. The van der Waals surface area contributed by atoms with E-state index in [0.29, 0.717) is 0 Å². The molecule has 124 valence electrons. The molecule has 0 aliphatic carbocycles. The van der Waals surface area contributed by atoms with Gasteiger partial charge >= 0.3 is 0 Å². The summed E-state index contributed by atoms with van der Waals surface area (Å²) in [6, 6.07) is 14.1. The van der Waals surface area contributed by atoms with Crippen LogP contribution in [0.2, 0.25) is 6.04 Å². The van der Waals surface area contributed by atoms with Crippen molar-refractivity contribution in [3.05, 3.63) is 48.0 Å². The molecular formula is C17H20Cl2O3Si. The quantitative estimate of drug-likeness (QED) is 0.416. The van der Waals surface area contributed by atoms with Gasteiger partial charge < -0.3 is 14.6 Å². The molecule has 2 aromatic carbocycles. The van der Waals surface area contributed by atoms with Crippen molar-refractivity contribution in [1.82, 2.24) is 0 Å². The summed E-state index contributed by atoms with van der Waals surface area (Å²) in [5, 5.41) is 9.76. The van der Waals surface area contributed by atoms with Crippen LogP contribution in [0.3, 0.4) is 0 Å². The zero-order chi connectivity index (χ0) is 16.7. The van der Waals surface area contributed by atoms with E-state index in [0.717, 1.165) is 41.3 Å². The van der Waals surface area contributed by atoms with Gasteiger partial charge in [-0.3, -0.25) is 0 Å². The average molecular weight is 371 g/mol. The van der Waals surface area contributed by atoms with E-state index in [2.05, 4.69) is 0 Å². The van der Waals surface area contributed by atoms with Crippen molar-refractivity contribution < 1.29 is 14.6 Å². The van der Waals surface area contributed by atoms with Crippen molar-refractivity contribution in [2.24, 2.45) is 0 Å². The lowest BCUT2D eigenvalue weighted by Gasteiger charge is -2.12. The van der Waals surface area contributed by atoms with Gasteiger partial charge in [0.25, 0.3) is 0 Å². The highest BCUT2D eigenvalue weighted by Crippen LogP contribution is 2.30. The van der Waals surface area contributed by atoms with Crippen LogP contribution in [0, 0.1) is 0 Å². The van der Waals surface area contributed by atoms with Crippen LogP contribution in [0.15, 0.2) is 42.5 Å². The van der Waals surface area contributed by atoms with E-state index in [1.807, 2.05) is 36.4 Å². The zero-order valence-corrected chi connectivity index (χ0v) is 15.6. The lowest BCUT2D eigenvalue weighted by atomic mass is 9.96. The Hall–Kier alpha value is -1.20. The van der Waals surface area contributed by atoms with E-state index in [-0.39, 0.29) is 12.5 Å². The van der Waals surface area contributed by atoms with Gasteiger partial charge in [0, 0.05) is 7.11 Å². The molecule has 0 saturated carbocycles. The molecule has 2 aromatic rings. The second-order valence-electron chi connectivity index (χ2n) is 5.20. The molecule has 0 unspecified atom stereocenters. The summed E-state index contributed by atoms with van der Waals surface area (Å²) in [5.41, 5.74) is 3.28. The van der Waals surface area contributed by atoms with Crippen molar-refractivity contribution in [3.8, 4) is 22.6 Å². The molecule has 0 radical (unpaired) electrons. The Labute approximate surface area is 147 Å². The number of phenolic OH excluding ortho intramolecular Hbond substituents is 1. The molecular weight excluding hydrogens is 351 g/mol. The van der Waals surface area contributed by atoms with E-state index in [9.17, 15) is 5.11 Å². The summed E-state index contributed by atoms with van der Waals surface area (Å²) >= 11 is 11.8. The number of hydrogen-bond acceptors (Lipinski definition) is 3. The Balaban J connectivity index is 2.17. The summed E-state index contributed by atoms with van der Waals surface area (Å²) in [5.74, 6) is 1.03. The lowest BCUT2D eigenvalue weighted by Crippen LogP contribution is -1.98. The second-order valence-corrected chi connectivity index (χ2v) is 10.4. The molecule has 0 bridgehead atoms. The first-order chi connectivity index (χ1) is 11.1. The fourth-order valence-corrected chi connectivity index (χ4v) is 3.81. The Bertz CT molecular complexity index is 618. The van der Waals surface area contributed by atoms with E-state index >= 15 is 0 Å². The molecule has 0 saturated heterocycles. The zero-order valence-electron chi connectivity index (χ0n) is 13.0. The van der Waals surface area contributed by atoms with E-state index in [1.165, 1.54) is 0 Å². The molecule has 0 aliphatic heterocycles. The maximum absolute atomic E-state index is 9.76. The van der Waals surface area contributed by atoms with Crippen molar-refractivity contribution in [2.45, 2.75) is 18.9 Å². The third-order valence-corrected chi connectivity index (χ3v) is 5.62. The Kier molecular flexibility index (Phi) is 7.24. The van der Waals surface area contributed by atoms with Crippen molar-refractivity contribution >= 4 is 29.6 Å². The van der Waals surface area contributed by atoms with Crippen LogP contribution >= 0.6 is 22.2 Å². The van der Waals surface area contributed by atoms with Gasteiger partial charge in [0.15, 0.2) is 6.79 Å². The average Bonchev–Trinajstić information content (AvgIpc) is 2.53. The van der Waals surface area contributed by atoms with Gasteiger partial charge in [-0.25, -0.2) is 0 Å². The summed E-state index contributed by atoms with van der Waals surface area (Å²) in [6.45, 7) is 0.228. The monoisotopic (exact) mass is 370 g/mol. The molecule has 23 heavy (non-hydrogen) atoms. The standard InChI is InChI=1S/C17H20Cl2O3Si/c1-21-12-22-16-7-4-13(5-8-16)17-9-6-15(20)11-14(17)3-2-10-23(18)19/h4-9,11,20,23H,2-3,10,12H2,1H3. The summed E-state index contributed by atoms with van der Waals surface area (Å²) in [7, 11) is 0.0114. The van der Waals surface area contributed by atoms with Crippen molar-refractivity contribution in [1.29, 1.82) is 0 Å². The van der Waals surface area contributed by atoms with Gasteiger partial charge in [-0.2, -0.15) is 22.2 Å². The van der Waals surface area contributed by atoms with Crippen LogP contribution in [0.4, 0.5) is 0 Å². The molecule has 0 amide bonds. The van der Waals surface area contributed by atoms with Crippen LogP contribution in [0.1, 0.15) is 12.0 Å². The Morgan fingerprint density at radius 1 is 1.09 bits per heavy atom. The molecule has 0 fully saturated rings. The van der Waals surface area contributed by atoms with Crippen LogP contribution in [-0.4, -0.2) is 26.4 Å². The number of rotatable bonds is 8. The van der Waals surface area contributed by atoms with Gasteiger partial charge in [0.1, 0.15) is 11.5 Å². The van der Waals surface area contributed by atoms with Gasteiger partial charge in [0.05, 0.1) is 0 Å². The third-order valence-electron chi connectivity index (χ3n) is 3.47. The molecule has 0 aromatic heterocycles. The van der Waals surface area contributed by atoms with E-state index in [1.54, 1.807) is 13.2 Å². The molecule has 0 heterocycles. The van der Waals surface area contributed by atoms with E-state index in [4.69, 9.17) is 31.6 Å². The van der Waals surface area contributed by atoms with Crippen molar-refractivity contribution in [2.75, 3.05) is 13.9 Å². The number of benzene rings is 2. The molecule has 3 nitrogen and oxygen atoms in total. The first-order valence-electron chi connectivity index (χ1n) is 7.42. The van der Waals surface area contributed by atoms with Crippen molar-refractivity contribution in [3.63, 3.8) is 0 Å². The number of phenols is 1. The number of aromatic hydroxyl groups is 1. The van der Waals surface area contributed by atoms with Crippen LogP contribution in [0.25, 0.3) is 11.1 Å². The second kappa shape index (κ2) is 9.18.